The van der Waals surface area contributed by atoms with Gasteiger partial charge < -0.3 is 14.8 Å². The number of rotatable bonds is 6. The summed E-state index contributed by atoms with van der Waals surface area (Å²) in [7, 11) is 2.04. The van der Waals surface area contributed by atoms with E-state index < -0.39 is 0 Å². The highest BCUT2D eigenvalue weighted by atomic mass is 15.2. The van der Waals surface area contributed by atoms with Crippen molar-refractivity contribution >= 4 is 0 Å². The molecule has 1 aromatic rings. The summed E-state index contributed by atoms with van der Waals surface area (Å²) >= 11 is 0. The lowest BCUT2D eigenvalue weighted by Gasteiger charge is -2.31. The van der Waals surface area contributed by atoms with Crippen molar-refractivity contribution in [3.8, 4) is 0 Å². The molecule has 0 atom stereocenters. The molecule has 0 aliphatic carbocycles. The molecule has 1 aliphatic rings. The summed E-state index contributed by atoms with van der Waals surface area (Å²) in [4.78, 5) is 6.65. The summed E-state index contributed by atoms with van der Waals surface area (Å²) in [5.74, 6) is 0.937. The number of hydrogen-bond donors (Lipinski definition) is 1. The molecule has 0 unspecified atom stereocenters. The van der Waals surface area contributed by atoms with Gasteiger partial charge in [-0.3, -0.25) is 0 Å². The van der Waals surface area contributed by atoms with Gasteiger partial charge >= 0.3 is 0 Å². The number of nitrogens with zero attached hydrogens (tertiary/aromatic N) is 3. The lowest BCUT2D eigenvalue weighted by molar-refractivity contribution is 0.174. The summed E-state index contributed by atoms with van der Waals surface area (Å²) in [6.45, 7) is 5.93. The van der Waals surface area contributed by atoms with Crippen molar-refractivity contribution in [3.05, 3.63) is 18.7 Å². The first kappa shape index (κ1) is 12.6. The monoisotopic (exact) mass is 236 g/mol. The van der Waals surface area contributed by atoms with Crippen LogP contribution in [0.2, 0.25) is 0 Å². The first-order chi connectivity index (χ1) is 8.38. The minimum atomic E-state index is 0.937. The Morgan fingerprint density at radius 2 is 2.12 bits per heavy atom. The maximum Gasteiger partial charge on any atom is 0.0946 e. The first-order valence-electron chi connectivity index (χ1n) is 6.71. The van der Waals surface area contributed by atoms with Gasteiger partial charge in [0, 0.05) is 25.5 Å². The average Bonchev–Trinajstić information content (AvgIpc) is 2.88. The van der Waals surface area contributed by atoms with Gasteiger partial charge in [0.05, 0.1) is 6.33 Å². The molecule has 96 valence electrons. The molecule has 0 aromatic carbocycles. The van der Waals surface area contributed by atoms with Crippen LogP contribution in [0.5, 0.6) is 0 Å². The van der Waals surface area contributed by atoms with Crippen molar-refractivity contribution in [1.82, 2.24) is 19.8 Å². The first-order valence-corrected chi connectivity index (χ1v) is 6.71. The number of piperidine rings is 1. The summed E-state index contributed by atoms with van der Waals surface area (Å²) < 4.78 is 2.16. The van der Waals surface area contributed by atoms with Crippen LogP contribution >= 0.6 is 0 Å². The summed E-state index contributed by atoms with van der Waals surface area (Å²) in [5, 5.41) is 3.25. The lowest BCUT2D eigenvalue weighted by atomic mass is 9.93. The Bertz CT molecular complexity index is 288. The van der Waals surface area contributed by atoms with Crippen molar-refractivity contribution in [3.63, 3.8) is 0 Å². The molecule has 0 amide bonds. The number of nitrogens with one attached hydrogen (secondary N) is 1. The van der Waals surface area contributed by atoms with Crippen LogP contribution in [0.3, 0.4) is 0 Å². The van der Waals surface area contributed by atoms with E-state index in [0.29, 0.717) is 0 Å². The predicted molar refractivity (Wildman–Crippen MR) is 69.9 cm³/mol. The molecule has 0 radical (unpaired) electrons. The van der Waals surface area contributed by atoms with Gasteiger partial charge in [0.15, 0.2) is 0 Å². The molecule has 4 heteroatoms. The molecule has 1 N–H and O–H groups in total. The van der Waals surface area contributed by atoms with Gasteiger partial charge in [-0.1, -0.05) is 0 Å². The topological polar surface area (TPSA) is 33.1 Å². The Morgan fingerprint density at radius 3 is 2.76 bits per heavy atom. The van der Waals surface area contributed by atoms with Crippen LogP contribution in [0.25, 0.3) is 0 Å². The summed E-state index contributed by atoms with van der Waals surface area (Å²) in [6, 6.07) is 0. The van der Waals surface area contributed by atoms with Gasteiger partial charge in [0.25, 0.3) is 0 Å². The molecule has 1 fully saturated rings. The van der Waals surface area contributed by atoms with E-state index in [9.17, 15) is 0 Å². The third-order valence-electron chi connectivity index (χ3n) is 3.74. The second kappa shape index (κ2) is 6.77. The molecule has 0 spiro atoms. The maximum atomic E-state index is 4.07. The average molecular weight is 236 g/mol. The van der Waals surface area contributed by atoms with Gasteiger partial charge in [-0.25, -0.2) is 4.98 Å². The number of imidazole rings is 1. The molecular formula is C13H24N4. The van der Waals surface area contributed by atoms with Gasteiger partial charge in [-0.15, -0.1) is 0 Å². The molecule has 1 aliphatic heterocycles. The fourth-order valence-electron chi connectivity index (χ4n) is 2.52. The van der Waals surface area contributed by atoms with Gasteiger partial charge in [-0.05, 0) is 51.9 Å². The standard InChI is InChI=1S/C13H24N4/c1-14-5-2-13-3-7-16(8-4-13)10-11-17-9-6-15-12-17/h6,9,12-14H,2-5,7-8,10-11H2,1H3. The molecule has 4 nitrogen and oxygen atoms in total. The number of aromatic nitrogens is 2. The van der Waals surface area contributed by atoms with Gasteiger partial charge in [-0.2, -0.15) is 0 Å². The third kappa shape index (κ3) is 4.13. The van der Waals surface area contributed by atoms with Crippen LogP contribution in [0.4, 0.5) is 0 Å². The zero-order chi connectivity index (χ0) is 11.9. The van der Waals surface area contributed by atoms with Crippen LogP contribution in [-0.2, 0) is 6.54 Å². The highest BCUT2D eigenvalue weighted by Gasteiger charge is 2.18. The highest BCUT2D eigenvalue weighted by Crippen LogP contribution is 2.19. The van der Waals surface area contributed by atoms with Crippen LogP contribution in [0.15, 0.2) is 18.7 Å². The van der Waals surface area contributed by atoms with E-state index >= 15 is 0 Å². The summed E-state index contributed by atoms with van der Waals surface area (Å²) in [5.41, 5.74) is 0. The fourth-order valence-corrected chi connectivity index (χ4v) is 2.52. The SMILES string of the molecule is CNCCC1CCN(CCn2ccnc2)CC1. The third-order valence-corrected chi connectivity index (χ3v) is 3.74. The van der Waals surface area contributed by atoms with E-state index in [2.05, 4.69) is 19.8 Å². The lowest BCUT2D eigenvalue weighted by Crippen LogP contribution is -2.36. The fraction of sp³-hybridized carbons (Fsp3) is 0.769. The van der Waals surface area contributed by atoms with E-state index in [4.69, 9.17) is 0 Å². The molecule has 17 heavy (non-hydrogen) atoms. The second-order valence-electron chi connectivity index (χ2n) is 4.98. The van der Waals surface area contributed by atoms with E-state index in [1.54, 1.807) is 0 Å². The van der Waals surface area contributed by atoms with Gasteiger partial charge in [0.2, 0.25) is 0 Å². The molecule has 1 aromatic heterocycles. The largest absolute Gasteiger partial charge is 0.336 e. The number of hydrogen-bond acceptors (Lipinski definition) is 3. The van der Waals surface area contributed by atoms with Crippen molar-refractivity contribution in [1.29, 1.82) is 0 Å². The molecular weight excluding hydrogens is 212 g/mol. The Hall–Kier alpha value is -0.870. The van der Waals surface area contributed by atoms with Gasteiger partial charge in [0.1, 0.15) is 0 Å². The van der Waals surface area contributed by atoms with Crippen molar-refractivity contribution in [2.24, 2.45) is 5.92 Å². The molecule has 0 saturated carbocycles. The minimum Gasteiger partial charge on any atom is -0.336 e. The Morgan fingerprint density at radius 1 is 1.29 bits per heavy atom. The minimum absolute atomic E-state index is 0.937. The van der Waals surface area contributed by atoms with Crippen LogP contribution < -0.4 is 5.32 Å². The summed E-state index contributed by atoms with van der Waals surface area (Å²) in [6.07, 6.45) is 9.87. The molecule has 2 heterocycles. The van der Waals surface area contributed by atoms with E-state index in [1.807, 2.05) is 25.8 Å². The van der Waals surface area contributed by atoms with E-state index in [0.717, 1.165) is 19.0 Å². The Balaban J connectivity index is 1.62. The quantitative estimate of drug-likeness (QED) is 0.806. The smallest absolute Gasteiger partial charge is 0.0946 e. The normalized spacial score (nSPS) is 18.6. The van der Waals surface area contributed by atoms with Crippen molar-refractivity contribution in [2.45, 2.75) is 25.8 Å². The predicted octanol–water partition coefficient (Wildman–Crippen LogP) is 1.20. The van der Waals surface area contributed by atoms with Crippen molar-refractivity contribution < 1.29 is 0 Å². The molecule has 1 saturated heterocycles. The van der Waals surface area contributed by atoms with Crippen LogP contribution in [-0.4, -0.2) is 47.7 Å². The molecule has 0 bridgehead atoms. The maximum absolute atomic E-state index is 4.07. The second-order valence-corrected chi connectivity index (χ2v) is 4.98. The highest BCUT2D eigenvalue weighted by molar-refractivity contribution is 4.76. The Labute approximate surface area is 104 Å². The molecule has 2 rings (SSSR count). The van der Waals surface area contributed by atoms with Crippen molar-refractivity contribution in [2.75, 3.05) is 33.2 Å². The number of likely N-dealkylation sites (tertiary alicyclic amines) is 1. The Kier molecular flexibility index (Phi) is 5.01. The zero-order valence-electron chi connectivity index (χ0n) is 10.8. The zero-order valence-corrected chi connectivity index (χ0v) is 10.8. The van der Waals surface area contributed by atoms with E-state index in [-0.39, 0.29) is 0 Å². The van der Waals surface area contributed by atoms with Crippen LogP contribution in [0, 0.1) is 5.92 Å². The van der Waals surface area contributed by atoms with E-state index in [1.165, 1.54) is 38.9 Å². The van der Waals surface area contributed by atoms with Crippen LogP contribution in [0.1, 0.15) is 19.3 Å².